The van der Waals surface area contributed by atoms with E-state index >= 15 is 0 Å². The SMILES string of the molecule is CCOC(=O)c1cc(CN(C(=O)OCC2c3ccccc3-c3ccccc32)C2CCCN(C(=O)OC(C)(C)C)C2)on1. The number of amides is 2. The van der Waals surface area contributed by atoms with Crippen molar-refractivity contribution >= 4 is 18.2 Å². The molecule has 0 N–H and O–H groups in total. The number of piperidine rings is 1. The van der Waals surface area contributed by atoms with E-state index < -0.39 is 23.8 Å². The number of likely N-dealkylation sites (tertiary alicyclic amines) is 1. The lowest BCUT2D eigenvalue weighted by Crippen LogP contribution is -2.52. The number of aromatic nitrogens is 1. The molecule has 1 unspecified atom stereocenters. The normalized spacial score (nSPS) is 16.4. The van der Waals surface area contributed by atoms with Crippen molar-refractivity contribution in [3.05, 3.63) is 77.2 Å². The van der Waals surface area contributed by atoms with Gasteiger partial charge in [0.25, 0.3) is 0 Å². The Balaban J connectivity index is 1.36. The van der Waals surface area contributed by atoms with Gasteiger partial charge in [0.2, 0.25) is 0 Å². The van der Waals surface area contributed by atoms with Gasteiger partial charge in [-0.1, -0.05) is 53.7 Å². The van der Waals surface area contributed by atoms with Crippen LogP contribution in [0.15, 0.2) is 59.1 Å². The van der Waals surface area contributed by atoms with Crippen LogP contribution in [0.5, 0.6) is 0 Å². The van der Waals surface area contributed by atoms with Crippen LogP contribution in [0.3, 0.4) is 0 Å². The molecular formula is C32H37N3O7. The number of rotatable bonds is 7. The minimum Gasteiger partial charge on any atom is -0.461 e. The third-order valence-corrected chi connectivity index (χ3v) is 7.43. The highest BCUT2D eigenvalue weighted by atomic mass is 16.6. The molecule has 2 aromatic carbocycles. The van der Waals surface area contributed by atoms with Crippen molar-refractivity contribution in [2.45, 2.75) is 64.6 Å². The monoisotopic (exact) mass is 575 g/mol. The Morgan fingerprint density at radius 3 is 2.33 bits per heavy atom. The molecule has 0 radical (unpaired) electrons. The summed E-state index contributed by atoms with van der Waals surface area (Å²) in [6.07, 6.45) is 0.370. The smallest absolute Gasteiger partial charge is 0.410 e. The summed E-state index contributed by atoms with van der Waals surface area (Å²) in [6, 6.07) is 17.4. The van der Waals surface area contributed by atoms with Crippen LogP contribution in [0, 0.1) is 0 Å². The Hall–Kier alpha value is -4.34. The fourth-order valence-corrected chi connectivity index (χ4v) is 5.58. The van der Waals surface area contributed by atoms with Crippen LogP contribution in [0.25, 0.3) is 11.1 Å². The van der Waals surface area contributed by atoms with E-state index in [2.05, 4.69) is 29.4 Å². The highest BCUT2D eigenvalue weighted by molar-refractivity contribution is 5.87. The lowest BCUT2D eigenvalue weighted by Gasteiger charge is -2.39. The summed E-state index contributed by atoms with van der Waals surface area (Å²) < 4.78 is 22.0. The number of carbonyl (C=O) groups is 3. The van der Waals surface area contributed by atoms with Gasteiger partial charge in [-0.25, -0.2) is 14.4 Å². The molecule has 10 nitrogen and oxygen atoms in total. The van der Waals surface area contributed by atoms with Gasteiger partial charge >= 0.3 is 18.2 Å². The molecule has 1 atom stereocenters. The van der Waals surface area contributed by atoms with Gasteiger partial charge in [-0.15, -0.1) is 0 Å². The molecule has 2 heterocycles. The van der Waals surface area contributed by atoms with Gasteiger partial charge in [0, 0.05) is 25.1 Å². The van der Waals surface area contributed by atoms with Gasteiger partial charge in [0.05, 0.1) is 19.2 Å². The quantitative estimate of drug-likeness (QED) is 0.249. The average Bonchev–Trinajstić information content (AvgIpc) is 3.57. The Morgan fingerprint density at radius 1 is 1.02 bits per heavy atom. The average molecular weight is 576 g/mol. The molecule has 0 saturated carbocycles. The number of ether oxygens (including phenoxy) is 3. The molecule has 42 heavy (non-hydrogen) atoms. The van der Waals surface area contributed by atoms with E-state index in [1.165, 1.54) is 6.07 Å². The van der Waals surface area contributed by atoms with E-state index in [-0.39, 0.29) is 44.0 Å². The van der Waals surface area contributed by atoms with Crippen LogP contribution in [0.1, 0.15) is 73.8 Å². The first-order valence-corrected chi connectivity index (χ1v) is 14.4. The molecule has 1 aromatic heterocycles. The lowest BCUT2D eigenvalue weighted by atomic mass is 9.98. The Bertz CT molecular complexity index is 1400. The summed E-state index contributed by atoms with van der Waals surface area (Å²) >= 11 is 0. The first-order valence-electron chi connectivity index (χ1n) is 14.4. The number of benzene rings is 2. The van der Waals surface area contributed by atoms with E-state index in [9.17, 15) is 14.4 Å². The molecular weight excluding hydrogens is 538 g/mol. The summed E-state index contributed by atoms with van der Waals surface area (Å²) in [5, 5.41) is 3.82. The van der Waals surface area contributed by atoms with Crippen LogP contribution >= 0.6 is 0 Å². The van der Waals surface area contributed by atoms with Gasteiger partial charge in [-0.2, -0.15) is 0 Å². The van der Waals surface area contributed by atoms with Crippen LogP contribution < -0.4 is 0 Å². The largest absolute Gasteiger partial charge is 0.461 e. The number of nitrogens with zero attached hydrogens (tertiary/aromatic N) is 3. The predicted octanol–water partition coefficient (Wildman–Crippen LogP) is 6.00. The van der Waals surface area contributed by atoms with Crippen molar-refractivity contribution in [3.8, 4) is 11.1 Å². The maximum atomic E-state index is 13.8. The van der Waals surface area contributed by atoms with Crippen LogP contribution in [-0.4, -0.2) is 71.1 Å². The Kier molecular flexibility index (Phi) is 8.51. The van der Waals surface area contributed by atoms with Gasteiger partial charge in [-0.3, -0.25) is 4.90 Å². The van der Waals surface area contributed by atoms with E-state index in [4.69, 9.17) is 18.7 Å². The topological polar surface area (TPSA) is 111 Å². The van der Waals surface area contributed by atoms with E-state index in [1.54, 1.807) is 16.7 Å². The second kappa shape index (κ2) is 12.3. The minimum absolute atomic E-state index is 0.00983. The molecule has 1 fully saturated rings. The van der Waals surface area contributed by atoms with E-state index in [0.717, 1.165) is 22.3 Å². The van der Waals surface area contributed by atoms with Gasteiger partial charge in [0.1, 0.15) is 12.2 Å². The molecule has 1 aliphatic heterocycles. The van der Waals surface area contributed by atoms with Gasteiger partial charge in [-0.05, 0) is 62.8 Å². The molecule has 222 valence electrons. The number of carbonyl (C=O) groups excluding carboxylic acids is 3. The summed E-state index contributed by atoms with van der Waals surface area (Å²) in [6.45, 7) is 8.33. The van der Waals surface area contributed by atoms with Crippen LogP contribution in [0.2, 0.25) is 0 Å². The summed E-state index contributed by atoms with van der Waals surface area (Å²) in [5.74, 6) is -0.400. The van der Waals surface area contributed by atoms with Gasteiger partial charge < -0.3 is 23.6 Å². The molecule has 2 amide bonds. The fraction of sp³-hybridized carbons (Fsp3) is 0.438. The zero-order chi connectivity index (χ0) is 29.9. The predicted molar refractivity (Wildman–Crippen MR) is 154 cm³/mol. The van der Waals surface area contributed by atoms with E-state index in [0.29, 0.717) is 25.1 Å². The second-order valence-electron chi connectivity index (χ2n) is 11.6. The maximum absolute atomic E-state index is 13.8. The summed E-state index contributed by atoms with van der Waals surface area (Å²) in [7, 11) is 0. The highest BCUT2D eigenvalue weighted by Gasteiger charge is 2.36. The summed E-state index contributed by atoms with van der Waals surface area (Å²) in [4.78, 5) is 42.0. The minimum atomic E-state index is -0.639. The molecule has 0 bridgehead atoms. The van der Waals surface area contributed by atoms with Crippen molar-refractivity contribution in [2.75, 3.05) is 26.3 Å². The molecule has 1 aliphatic carbocycles. The zero-order valence-electron chi connectivity index (χ0n) is 24.5. The Morgan fingerprint density at radius 2 is 1.69 bits per heavy atom. The Labute approximate surface area is 245 Å². The summed E-state index contributed by atoms with van der Waals surface area (Å²) in [5.41, 5.74) is 3.89. The number of hydrogen-bond donors (Lipinski definition) is 0. The molecule has 1 saturated heterocycles. The molecule has 3 aromatic rings. The number of fused-ring (bicyclic) bond motifs is 3. The molecule has 5 rings (SSSR count). The van der Waals surface area contributed by atoms with Crippen molar-refractivity contribution < 1.29 is 33.1 Å². The van der Waals surface area contributed by atoms with Crippen LogP contribution in [0.4, 0.5) is 9.59 Å². The van der Waals surface area contributed by atoms with Crippen LogP contribution in [-0.2, 0) is 20.8 Å². The van der Waals surface area contributed by atoms with Crippen molar-refractivity contribution in [1.82, 2.24) is 15.0 Å². The maximum Gasteiger partial charge on any atom is 0.410 e. The zero-order valence-corrected chi connectivity index (χ0v) is 24.5. The number of esters is 1. The molecule has 2 aliphatic rings. The van der Waals surface area contributed by atoms with E-state index in [1.807, 2.05) is 45.0 Å². The lowest BCUT2D eigenvalue weighted by molar-refractivity contribution is 0.00719. The van der Waals surface area contributed by atoms with Crippen molar-refractivity contribution in [2.24, 2.45) is 0 Å². The molecule has 0 spiro atoms. The van der Waals surface area contributed by atoms with Crippen molar-refractivity contribution in [3.63, 3.8) is 0 Å². The highest BCUT2D eigenvalue weighted by Crippen LogP contribution is 2.44. The van der Waals surface area contributed by atoms with Crippen molar-refractivity contribution in [1.29, 1.82) is 0 Å². The first-order chi connectivity index (χ1) is 20.1. The van der Waals surface area contributed by atoms with Gasteiger partial charge in [0.15, 0.2) is 11.5 Å². The first kappa shape index (κ1) is 29.2. The second-order valence-corrected chi connectivity index (χ2v) is 11.6. The molecule has 10 heteroatoms. The third kappa shape index (κ3) is 6.42. The number of hydrogen-bond acceptors (Lipinski definition) is 8. The standard InChI is InChI=1S/C32H37N3O7/c1-5-39-29(36)28-17-22(42-33-28)19-35(21-11-10-16-34(18-21)30(37)41-32(2,3)4)31(38)40-20-27-25-14-8-6-12-23(25)24-13-7-9-15-26(24)27/h6-9,12-15,17,21,27H,5,10-11,16,18-20H2,1-4H3. The third-order valence-electron chi connectivity index (χ3n) is 7.43. The fourth-order valence-electron chi connectivity index (χ4n) is 5.58.